The van der Waals surface area contributed by atoms with Gasteiger partial charge in [0.1, 0.15) is 5.75 Å². The summed E-state index contributed by atoms with van der Waals surface area (Å²) in [4.78, 5) is 14.5. The fraction of sp³-hybridized carbons (Fsp3) is 0.632. The number of carbonyl (C=O) groups excluding carboxylic acids is 1. The Morgan fingerprint density at radius 2 is 1.96 bits per heavy atom. The zero-order valence-corrected chi connectivity index (χ0v) is 16.1. The van der Waals surface area contributed by atoms with Crippen molar-refractivity contribution in [2.24, 2.45) is 0 Å². The number of amides is 1. The molecule has 0 bridgehead atoms. The first kappa shape index (κ1) is 19.2. The summed E-state index contributed by atoms with van der Waals surface area (Å²) in [5.74, 6) is 0.960. The Morgan fingerprint density at radius 1 is 1.23 bits per heavy atom. The third-order valence-corrected chi connectivity index (χ3v) is 6.89. The first-order valence-electron chi connectivity index (χ1n) is 9.37. The summed E-state index contributed by atoms with van der Waals surface area (Å²) in [5.41, 5.74) is 1.07. The third-order valence-electron chi connectivity index (χ3n) is 5.18. The summed E-state index contributed by atoms with van der Waals surface area (Å²) >= 11 is 0. The molecule has 0 aromatic heterocycles. The number of carbonyl (C=O) groups is 1. The van der Waals surface area contributed by atoms with Gasteiger partial charge in [-0.3, -0.25) is 9.69 Å². The number of nitrogens with zero attached hydrogens (tertiary/aromatic N) is 1. The second-order valence-electron chi connectivity index (χ2n) is 7.28. The zero-order chi connectivity index (χ0) is 18.6. The summed E-state index contributed by atoms with van der Waals surface area (Å²) in [6, 6.07) is 7.42. The molecule has 0 aliphatic carbocycles. The predicted octanol–water partition coefficient (Wildman–Crippen LogP) is 1.53. The van der Waals surface area contributed by atoms with E-state index < -0.39 is 9.84 Å². The van der Waals surface area contributed by atoms with Crippen LogP contribution in [0.25, 0.3) is 0 Å². The van der Waals surface area contributed by atoms with E-state index in [9.17, 15) is 13.2 Å². The molecule has 2 aliphatic rings. The number of hydrogen-bond acceptors (Lipinski definition) is 5. The summed E-state index contributed by atoms with van der Waals surface area (Å²) < 4.78 is 29.8. The van der Waals surface area contributed by atoms with Gasteiger partial charge in [0.15, 0.2) is 9.84 Å². The van der Waals surface area contributed by atoms with Crippen molar-refractivity contribution in [3.05, 3.63) is 29.8 Å². The normalized spacial score (nSPS) is 25.3. The maximum absolute atomic E-state index is 12.3. The molecule has 1 aromatic carbocycles. The molecule has 0 radical (unpaired) electrons. The van der Waals surface area contributed by atoms with E-state index in [1.54, 1.807) is 0 Å². The number of rotatable bonds is 7. The highest BCUT2D eigenvalue weighted by Gasteiger charge is 2.42. The van der Waals surface area contributed by atoms with E-state index in [1.165, 1.54) is 0 Å². The van der Waals surface area contributed by atoms with Gasteiger partial charge in [0, 0.05) is 12.5 Å². The molecule has 2 atom stereocenters. The molecule has 26 heavy (non-hydrogen) atoms. The Morgan fingerprint density at radius 3 is 2.69 bits per heavy atom. The maximum Gasteiger partial charge on any atom is 0.220 e. The van der Waals surface area contributed by atoms with E-state index in [0.29, 0.717) is 19.4 Å². The van der Waals surface area contributed by atoms with E-state index in [1.807, 2.05) is 31.2 Å². The first-order valence-corrected chi connectivity index (χ1v) is 11.2. The fourth-order valence-corrected chi connectivity index (χ4v) is 5.76. The van der Waals surface area contributed by atoms with Gasteiger partial charge in [-0.15, -0.1) is 0 Å². The van der Waals surface area contributed by atoms with Crippen LogP contribution in [0.4, 0.5) is 0 Å². The van der Waals surface area contributed by atoms with Crippen molar-refractivity contribution in [3.8, 4) is 5.75 Å². The molecule has 3 rings (SSSR count). The van der Waals surface area contributed by atoms with Crippen molar-refractivity contribution >= 4 is 15.7 Å². The molecule has 7 heteroatoms. The highest BCUT2D eigenvalue weighted by Crippen LogP contribution is 2.23. The van der Waals surface area contributed by atoms with Crippen molar-refractivity contribution in [2.75, 3.05) is 31.2 Å². The standard InChI is InChI=1S/C19H28N2O4S/c1-15-7-2-3-8-18(15)25-12-6-9-19(22)20-16-13-26(23,24)14-17(16)21-10-4-5-11-21/h2-3,7-8,16-17H,4-6,9-14H2,1H3,(H,20,22). The number of sulfone groups is 1. The van der Waals surface area contributed by atoms with Crippen LogP contribution in [0.5, 0.6) is 5.75 Å². The molecule has 1 amide bonds. The average Bonchev–Trinajstić information content (AvgIpc) is 3.20. The van der Waals surface area contributed by atoms with Crippen LogP contribution in [0, 0.1) is 6.92 Å². The van der Waals surface area contributed by atoms with Crippen LogP contribution < -0.4 is 10.1 Å². The van der Waals surface area contributed by atoms with Crippen molar-refractivity contribution < 1.29 is 17.9 Å². The Hall–Kier alpha value is -1.60. The van der Waals surface area contributed by atoms with Gasteiger partial charge in [0.2, 0.25) is 5.91 Å². The minimum absolute atomic E-state index is 0.0552. The molecule has 2 heterocycles. The molecule has 6 nitrogen and oxygen atoms in total. The Balaban J connectivity index is 1.45. The second-order valence-corrected chi connectivity index (χ2v) is 9.43. The molecule has 2 fully saturated rings. The molecular weight excluding hydrogens is 352 g/mol. The molecule has 0 saturated carbocycles. The predicted molar refractivity (Wildman–Crippen MR) is 101 cm³/mol. The molecule has 1 aromatic rings. The van der Waals surface area contributed by atoms with Gasteiger partial charge < -0.3 is 10.1 Å². The van der Waals surface area contributed by atoms with E-state index in [-0.39, 0.29) is 29.5 Å². The first-order chi connectivity index (χ1) is 12.4. The van der Waals surface area contributed by atoms with Gasteiger partial charge in [-0.05, 0) is 50.9 Å². The number of para-hydroxylation sites is 1. The molecular formula is C19H28N2O4S. The third kappa shape index (κ3) is 4.98. The van der Waals surface area contributed by atoms with Crippen molar-refractivity contribution in [1.29, 1.82) is 0 Å². The lowest BCUT2D eigenvalue weighted by Crippen LogP contribution is -2.50. The van der Waals surface area contributed by atoms with Crippen molar-refractivity contribution in [1.82, 2.24) is 10.2 Å². The van der Waals surface area contributed by atoms with Gasteiger partial charge in [-0.2, -0.15) is 0 Å². The Labute approximate surface area is 155 Å². The van der Waals surface area contributed by atoms with Gasteiger partial charge in [-0.25, -0.2) is 8.42 Å². The number of hydrogen-bond donors (Lipinski definition) is 1. The average molecular weight is 381 g/mol. The number of nitrogens with one attached hydrogen (secondary N) is 1. The second kappa shape index (κ2) is 8.39. The zero-order valence-electron chi connectivity index (χ0n) is 15.3. The highest BCUT2D eigenvalue weighted by molar-refractivity contribution is 7.91. The molecule has 1 N–H and O–H groups in total. The minimum Gasteiger partial charge on any atom is -0.493 e. The molecule has 2 unspecified atom stereocenters. The van der Waals surface area contributed by atoms with E-state index in [0.717, 1.165) is 37.2 Å². The van der Waals surface area contributed by atoms with Gasteiger partial charge in [0.05, 0.1) is 24.2 Å². The van der Waals surface area contributed by atoms with Gasteiger partial charge >= 0.3 is 0 Å². The number of ether oxygens (including phenoxy) is 1. The Bertz CT molecular complexity index is 729. The van der Waals surface area contributed by atoms with Crippen LogP contribution in [-0.2, 0) is 14.6 Å². The smallest absolute Gasteiger partial charge is 0.220 e. The van der Waals surface area contributed by atoms with Crippen LogP contribution in [0.2, 0.25) is 0 Å². The number of likely N-dealkylation sites (tertiary alicyclic amines) is 1. The largest absolute Gasteiger partial charge is 0.493 e. The summed E-state index contributed by atoms with van der Waals surface area (Å²) in [7, 11) is -3.07. The lowest BCUT2D eigenvalue weighted by molar-refractivity contribution is -0.122. The van der Waals surface area contributed by atoms with Gasteiger partial charge in [-0.1, -0.05) is 18.2 Å². The quantitative estimate of drug-likeness (QED) is 0.726. The van der Waals surface area contributed by atoms with Crippen LogP contribution in [-0.4, -0.2) is 62.5 Å². The number of benzene rings is 1. The monoisotopic (exact) mass is 380 g/mol. The Kier molecular flexibility index (Phi) is 6.19. The van der Waals surface area contributed by atoms with E-state index in [4.69, 9.17) is 4.74 Å². The van der Waals surface area contributed by atoms with Crippen LogP contribution in [0.3, 0.4) is 0 Å². The van der Waals surface area contributed by atoms with Crippen LogP contribution >= 0.6 is 0 Å². The molecule has 0 spiro atoms. The maximum atomic E-state index is 12.3. The summed E-state index contributed by atoms with van der Waals surface area (Å²) in [5, 5.41) is 2.96. The van der Waals surface area contributed by atoms with Crippen molar-refractivity contribution in [2.45, 2.75) is 44.7 Å². The lowest BCUT2D eigenvalue weighted by Gasteiger charge is -2.28. The van der Waals surface area contributed by atoms with Gasteiger partial charge in [0.25, 0.3) is 0 Å². The van der Waals surface area contributed by atoms with Crippen molar-refractivity contribution in [3.63, 3.8) is 0 Å². The highest BCUT2D eigenvalue weighted by atomic mass is 32.2. The fourth-order valence-electron chi connectivity index (χ4n) is 3.81. The van der Waals surface area contributed by atoms with Crippen LogP contribution in [0.15, 0.2) is 24.3 Å². The lowest BCUT2D eigenvalue weighted by atomic mass is 10.1. The molecule has 144 valence electrons. The summed E-state index contributed by atoms with van der Waals surface area (Å²) in [6.45, 7) is 4.31. The van der Waals surface area contributed by atoms with E-state index >= 15 is 0 Å². The molecule has 2 aliphatic heterocycles. The topological polar surface area (TPSA) is 75.7 Å². The SMILES string of the molecule is Cc1ccccc1OCCCC(=O)NC1CS(=O)(=O)CC1N1CCCC1. The van der Waals surface area contributed by atoms with E-state index in [2.05, 4.69) is 10.2 Å². The summed E-state index contributed by atoms with van der Waals surface area (Å²) in [6.07, 6.45) is 3.16. The van der Waals surface area contributed by atoms with Crippen LogP contribution in [0.1, 0.15) is 31.2 Å². The molecule has 2 saturated heterocycles. The number of aryl methyl sites for hydroxylation is 1. The minimum atomic E-state index is -3.07.